The van der Waals surface area contributed by atoms with Crippen LogP contribution in [0.5, 0.6) is 0 Å². The SMILES string of the molecule is O=C(Nc1c(F)cncc1-c1c(-c2ccc(Cl)cc2)ncn1CC1CCCC1)c1ccco1. The lowest BCUT2D eigenvalue weighted by molar-refractivity contribution is 0.0996. The zero-order chi connectivity index (χ0) is 22.8. The van der Waals surface area contributed by atoms with E-state index in [1.807, 2.05) is 16.7 Å². The Kier molecular flexibility index (Phi) is 5.96. The van der Waals surface area contributed by atoms with Gasteiger partial charge in [0, 0.05) is 28.9 Å². The smallest absolute Gasteiger partial charge is 0.291 e. The highest BCUT2D eigenvalue weighted by Crippen LogP contribution is 2.38. The third-order valence-corrected chi connectivity index (χ3v) is 6.28. The van der Waals surface area contributed by atoms with Crippen molar-refractivity contribution in [3.8, 4) is 22.5 Å². The van der Waals surface area contributed by atoms with Gasteiger partial charge < -0.3 is 14.3 Å². The van der Waals surface area contributed by atoms with Crippen molar-refractivity contribution in [1.82, 2.24) is 14.5 Å². The summed E-state index contributed by atoms with van der Waals surface area (Å²) in [6.07, 6.45) is 10.5. The summed E-state index contributed by atoms with van der Waals surface area (Å²) >= 11 is 6.09. The minimum absolute atomic E-state index is 0.0368. The summed E-state index contributed by atoms with van der Waals surface area (Å²) in [4.78, 5) is 21.4. The minimum Gasteiger partial charge on any atom is -0.459 e. The number of furan rings is 1. The monoisotopic (exact) mass is 464 g/mol. The Hall–Kier alpha value is -3.45. The highest BCUT2D eigenvalue weighted by Gasteiger charge is 2.25. The highest BCUT2D eigenvalue weighted by atomic mass is 35.5. The number of carbonyl (C=O) groups excluding carboxylic acids is 1. The average molecular weight is 465 g/mol. The number of pyridine rings is 1. The van der Waals surface area contributed by atoms with Crippen LogP contribution in [0.3, 0.4) is 0 Å². The normalized spacial score (nSPS) is 14.0. The molecule has 1 aromatic carbocycles. The number of hydrogen-bond acceptors (Lipinski definition) is 4. The van der Waals surface area contributed by atoms with E-state index in [1.54, 1.807) is 30.7 Å². The van der Waals surface area contributed by atoms with Crippen molar-refractivity contribution in [1.29, 1.82) is 0 Å². The summed E-state index contributed by atoms with van der Waals surface area (Å²) in [6.45, 7) is 0.762. The van der Waals surface area contributed by atoms with E-state index in [-0.39, 0.29) is 11.4 Å². The molecule has 33 heavy (non-hydrogen) atoms. The van der Waals surface area contributed by atoms with Crippen molar-refractivity contribution >= 4 is 23.2 Å². The van der Waals surface area contributed by atoms with Crippen LogP contribution in [0.2, 0.25) is 5.02 Å². The first kappa shape index (κ1) is 21.4. The zero-order valence-electron chi connectivity index (χ0n) is 17.8. The first-order chi connectivity index (χ1) is 16.1. The van der Waals surface area contributed by atoms with Gasteiger partial charge >= 0.3 is 0 Å². The zero-order valence-corrected chi connectivity index (χ0v) is 18.6. The van der Waals surface area contributed by atoms with Crippen LogP contribution in [-0.2, 0) is 6.54 Å². The van der Waals surface area contributed by atoms with E-state index < -0.39 is 11.7 Å². The van der Waals surface area contributed by atoms with Crippen LogP contribution in [0, 0.1) is 11.7 Å². The number of hydrogen-bond donors (Lipinski definition) is 1. The Balaban J connectivity index is 1.62. The van der Waals surface area contributed by atoms with Gasteiger partial charge in [0.25, 0.3) is 5.91 Å². The van der Waals surface area contributed by atoms with Gasteiger partial charge in [-0.1, -0.05) is 36.6 Å². The lowest BCUT2D eigenvalue weighted by atomic mass is 10.0. The molecule has 1 aliphatic rings. The summed E-state index contributed by atoms with van der Waals surface area (Å²) in [5.74, 6) is -0.558. The molecule has 1 aliphatic carbocycles. The van der Waals surface area contributed by atoms with Gasteiger partial charge in [0.1, 0.15) is 0 Å². The molecule has 0 aliphatic heterocycles. The van der Waals surface area contributed by atoms with Gasteiger partial charge in [-0.3, -0.25) is 9.78 Å². The van der Waals surface area contributed by atoms with E-state index in [2.05, 4.69) is 15.3 Å². The molecule has 0 unspecified atom stereocenters. The number of anilines is 1. The first-order valence-electron chi connectivity index (χ1n) is 10.9. The van der Waals surface area contributed by atoms with Gasteiger partial charge in [-0.25, -0.2) is 9.37 Å². The number of amides is 1. The summed E-state index contributed by atoms with van der Waals surface area (Å²) in [5.41, 5.74) is 2.70. The van der Waals surface area contributed by atoms with Crippen LogP contribution in [0.4, 0.5) is 10.1 Å². The molecule has 3 aromatic heterocycles. The highest BCUT2D eigenvalue weighted by molar-refractivity contribution is 6.30. The van der Waals surface area contributed by atoms with Gasteiger partial charge in [0.2, 0.25) is 0 Å². The van der Waals surface area contributed by atoms with E-state index in [4.69, 9.17) is 16.0 Å². The number of nitrogens with one attached hydrogen (secondary N) is 1. The lowest BCUT2D eigenvalue weighted by Crippen LogP contribution is -2.15. The molecule has 1 saturated carbocycles. The first-order valence-corrected chi connectivity index (χ1v) is 11.3. The third kappa shape index (κ3) is 4.41. The number of imidazole rings is 1. The summed E-state index contributed by atoms with van der Waals surface area (Å²) in [7, 11) is 0. The van der Waals surface area contributed by atoms with E-state index in [0.717, 1.165) is 31.1 Å². The predicted octanol–water partition coefficient (Wildman–Crippen LogP) is 6.44. The Morgan fingerprint density at radius 2 is 1.97 bits per heavy atom. The van der Waals surface area contributed by atoms with Gasteiger partial charge in [-0.05, 0) is 43.0 Å². The number of nitrogens with zero attached hydrogens (tertiary/aromatic N) is 3. The number of halogens is 2. The van der Waals surface area contributed by atoms with Crippen molar-refractivity contribution in [3.05, 3.63) is 78.0 Å². The largest absolute Gasteiger partial charge is 0.459 e. The Morgan fingerprint density at radius 1 is 1.18 bits per heavy atom. The van der Waals surface area contributed by atoms with Gasteiger partial charge in [-0.15, -0.1) is 0 Å². The maximum absolute atomic E-state index is 15.0. The van der Waals surface area contributed by atoms with Crippen LogP contribution in [0.15, 0.2) is 65.8 Å². The number of benzene rings is 1. The topological polar surface area (TPSA) is 73.0 Å². The molecule has 0 radical (unpaired) electrons. The summed E-state index contributed by atoms with van der Waals surface area (Å²) < 4.78 is 22.2. The van der Waals surface area contributed by atoms with E-state index in [1.165, 1.54) is 25.2 Å². The van der Waals surface area contributed by atoms with E-state index in [0.29, 0.717) is 27.9 Å². The predicted molar refractivity (Wildman–Crippen MR) is 124 cm³/mol. The maximum atomic E-state index is 15.0. The van der Waals surface area contributed by atoms with E-state index in [9.17, 15) is 4.79 Å². The van der Waals surface area contributed by atoms with Crippen LogP contribution in [0.25, 0.3) is 22.5 Å². The van der Waals surface area contributed by atoms with Crippen molar-refractivity contribution in [3.63, 3.8) is 0 Å². The second-order valence-corrected chi connectivity index (χ2v) is 8.66. The van der Waals surface area contributed by atoms with E-state index >= 15 is 4.39 Å². The lowest BCUT2D eigenvalue weighted by Gasteiger charge is -2.17. The van der Waals surface area contributed by atoms with Crippen LogP contribution in [0.1, 0.15) is 36.2 Å². The fourth-order valence-corrected chi connectivity index (χ4v) is 4.54. The van der Waals surface area contributed by atoms with Crippen LogP contribution in [-0.4, -0.2) is 20.4 Å². The fourth-order valence-electron chi connectivity index (χ4n) is 4.42. The standard InChI is InChI=1S/C25H22ClFN4O2/c26-18-9-7-17(8-10-18)22-24(31(15-29-22)14-16-4-1-2-5-16)19-12-28-13-20(27)23(19)30-25(32)21-6-3-11-33-21/h3,6-13,15-16H,1-2,4-5,14H2,(H,28,30,32). The number of aromatic nitrogens is 3. The molecular formula is C25H22ClFN4O2. The molecule has 1 amide bonds. The molecule has 0 bridgehead atoms. The molecule has 0 spiro atoms. The molecule has 1 fully saturated rings. The van der Waals surface area contributed by atoms with Crippen molar-refractivity contribution in [2.24, 2.45) is 5.92 Å². The number of carbonyl (C=O) groups is 1. The molecule has 5 rings (SSSR count). The van der Waals surface area contributed by atoms with Crippen molar-refractivity contribution in [2.45, 2.75) is 32.2 Å². The van der Waals surface area contributed by atoms with Crippen LogP contribution >= 0.6 is 11.6 Å². The van der Waals surface area contributed by atoms with Crippen LogP contribution < -0.4 is 5.32 Å². The Labute approximate surface area is 195 Å². The molecule has 0 atom stereocenters. The Morgan fingerprint density at radius 3 is 2.70 bits per heavy atom. The molecular weight excluding hydrogens is 443 g/mol. The third-order valence-electron chi connectivity index (χ3n) is 6.02. The molecule has 8 heteroatoms. The number of rotatable bonds is 6. The van der Waals surface area contributed by atoms with Crippen molar-refractivity contribution < 1.29 is 13.6 Å². The molecule has 4 aromatic rings. The summed E-state index contributed by atoms with van der Waals surface area (Å²) in [6, 6.07) is 10.5. The second-order valence-electron chi connectivity index (χ2n) is 8.23. The maximum Gasteiger partial charge on any atom is 0.291 e. The molecule has 6 nitrogen and oxygen atoms in total. The quantitative estimate of drug-likeness (QED) is 0.356. The van der Waals surface area contributed by atoms with Gasteiger partial charge in [0.15, 0.2) is 11.6 Å². The fraction of sp³-hybridized carbons (Fsp3) is 0.240. The summed E-state index contributed by atoms with van der Waals surface area (Å²) in [5, 5.41) is 3.28. The van der Waals surface area contributed by atoms with Crippen molar-refractivity contribution in [2.75, 3.05) is 5.32 Å². The molecule has 168 valence electrons. The van der Waals surface area contributed by atoms with Gasteiger partial charge in [-0.2, -0.15) is 0 Å². The molecule has 1 N–H and O–H groups in total. The minimum atomic E-state index is -0.636. The molecule has 3 heterocycles. The second kappa shape index (κ2) is 9.19. The molecule has 0 saturated heterocycles. The van der Waals surface area contributed by atoms with Gasteiger partial charge in [0.05, 0.1) is 35.9 Å². The Bertz CT molecular complexity index is 1260. The average Bonchev–Trinajstić information content (AvgIpc) is 3.58.